The van der Waals surface area contributed by atoms with Crippen LogP contribution in [0.25, 0.3) is 0 Å². The summed E-state index contributed by atoms with van der Waals surface area (Å²) in [5.74, 6) is -0.188. The van der Waals surface area contributed by atoms with E-state index in [-0.39, 0.29) is 30.7 Å². The molecule has 1 N–H and O–H groups in total. The number of carbonyl (C=O) groups is 3. The number of nitrogens with zero attached hydrogens (tertiary/aromatic N) is 2. The van der Waals surface area contributed by atoms with Gasteiger partial charge in [-0.3, -0.25) is 14.4 Å². The van der Waals surface area contributed by atoms with Gasteiger partial charge in [-0.1, -0.05) is 0 Å². The highest BCUT2D eigenvalue weighted by molar-refractivity contribution is 6.00. The number of carbonyl (C=O) groups excluding carboxylic acids is 3. The van der Waals surface area contributed by atoms with Crippen molar-refractivity contribution in [3.8, 4) is 5.75 Å². The fraction of sp³-hybridized carbons (Fsp3) is 0.471. The highest BCUT2D eigenvalue weighted by atomic mass is 16.5. The number of methoxy groups -OCH3 is 1. The molecule has 0 radical (unpaired) electrons. The molecule has 1 heterocycles. The van der Waals surface area contributed by atoms with Gasteiger partial charge in [-0.2, -0.15) is 0 Å². The largest absolute Gasteiger partial charge is 0.497 e. The molecule has 1 aromatic rings. The van der Waals surface area contributed by atoms with Crippen LogP contribution in [-0.4, -0.2) is 56.4 Å². The molecule has 1 saturated heterocycles. The third-order valence-corrected chi connectivity index (χ3v) is 4.17. The molecule has 1 atom stereocenters. The molecule has 24 heavy (non-hydrogen) atoms. The van der Waals surface area contributed by atoms with Crippen molar-refractivity contribution >= 4 is 23.4 Å². The van der Waals surface area contributed by atoms with Crippen molar-refractivity contribution in [3.63, 3.8) is 0 Å². The third-order valence-electron chi connectivity index (χ3n) is 4.17. The number of amides is 3. The number of likely N-dealkylation sites (N-methyl/N-ethyl adjacent to an activating group) is 2. The van der Waals surface area contributed by atoms with Gasteiger partial charge in [0.05, 0.1) is 19.6 Å². The third kappa shape index (κ3) is 3.84. The topological polar surface area (TPSA) is 79.0 Å². The Morgan fingerprint density at radius 3 is 2.54 bits per heavy atom. The van der Waals surface area contributed by atoms with E-state index in [0.717, 1.165) is 5.69 Å². The summed E-state index contributed by atoms with van der Waals surface area (Å²) in [6, 6.07) is 7.15. The predicted molar refractivity (Wildman–Crippen MR) is 89.8 cm³/mol. The SMILES string of the molecule is CCN(CC(=O)NC)C(=O)[C@H]1CC(=O)N(c2ccc(OC)cc2)C1. The average molecular weight is 333 g/mol. The van der Waals surface area contributed by atoms with Crippen LogP contribution in [0.2, 0.25) is 0 Å². The summed E-state index contributed by atoms with van der Waals surface area (Å²) in [5.41, 5.74) is 0.741. The Morgan fingerprint density at radius 2 is 2.00 bits per heavy atom. The predicted octanol–water partition coefficient (Wildman–Crippen LogP) is 0.643. The van der Waals surface area contributed by atoms with Crippen LogP contribution in [0.4, 0.5) is 5.69 Å². The summed E-state index contributed by atoms with van der Waals surface area (Å²) < 4.78 is 5.11. The molecule has 0 spiro atoms. The van der Waals surface area contributed by atoms with Gasteiger partial charge in [0.2, 0.25) is 17.7 Å². The van der Waals surface area contributed by atoms with Gasteiger partial charge in [-0.25, -0.2) is 0 Å². The van der Waals surface area contributed by atoms with Crippen LogP contribution >= 0.6 is 0 Å². The van der Waals surface area contributed by atoms with Crippen LogP contribution in [0.3, 0.4) is 0 Å². The number of benzene rings is 1. The molecule has 0 saturated carbocycles. The fourth-order valence-electron chi connectivity index (χ4n) is 2.74. The summed E-state index contributed by atoms with van der Waals surface area (Å²) in [5, 5.41) is 2.51. The Bertz CT molecular complexity index is 615. The number of ether oxygens (including phenoxy) is 1. The zero-order chi connectivity index (χ0) is 17.7. The van der Waals surface area contributed by atoms with Crippen molar-refractivity contribution in [1.29, 1.82) is 0 Å². The van der Waals surface area contributed by atoms with Crippen molar-refractivity contribution in [2.24, 2.45) is 5.92 Å². The molecule has 2 rings (SSSR count). The van der Waals surface area contributed by atoms with Crippen molar-refractivity contribution in [2.75, 3.05) is 38.7 Å². The first-order valence-corrected chi connectivity index (χ1v) is 7.94. The zero-order valence-electron chi connectivity index (χ0n) is 14.2. The van der Waals surface area contributed by atoms with E-state index in [1.807, 2.05) is 6.92 Å². The zero-order valence-corrected chi connectivity index (χ0v) is 14.2. The highest BCUT2D eigenvalue weighted by Gasteiger charge is 2.37. The first-order valence-electron chi connectivity index (χ1n) is 7.94. The molecule has 1 aliphatic rings. The number of hydrogen-bond donors (Lipinski definition) is 1. The average Bonchev–Trinajstić information content (AvgIpc) is 3.00. The maximum atomic E-state index is 12.6. The van der Waals surface area contributed by atoms with Crippen LogP contribution in [0.5, 0.6) is 5.75 Å². The smallest absolute Gasteiger partial charge is 0.239 e. The molecule has 0 aromatic heterocycles. The maximum absolute atomic E-state index is 12.6. The fourth-order valence-corrected chi connectivity index (χ4v) is 2.74. The van der Waals surface area contributed by atoms with Crippen molar-refractivity contribution in [3.05, 3.63) is 24.3 Å². The molecule has 0 bridgehead atoms. The molecular weight excluding hydrogens is 310 g/mol. The second-order valence-corrected chi connectivity index (χ2v) is 5.63. The Balaban J connectivity index is 2.07. The molecule has 130 valence electrons. The van der Waals surface area contributed by atoms with Gasteiger partial charge < -0.3 is 19.9 Å². The minimum absolute atomic E-state index is 0.0130. The highest BCUT2D eigenvalue weighted by Crippen LogP contribution is 2.27. The molecule has 7 heteroatoms. The Kier molecular flexibility index (Phi) is 5.78. The molecule has 1 fully saturated rings. The van der Waals surface area contributed by atoms with Gasteiger partial charge in [0.15, 0.2) is 0 Å². The summed E-state index contributed by atoms with van der Waals surface area (Å²) in [4.78, 5) is 39.5. The van der Waals surface area contributed by atoms with E-state index in [0.29, 0.717) is 18.8 Å². The van der Waals surface area contributed by atoms with Crippen LogP contribution in [0.15, 0.2) is 24.3 Å². The summed E-state index contributed by atoms with van der Waals surface area (Å²) in [6.45, 7) is 2.59. The van der Waals surface area contributed by atoms with E-state index in [1.54, 1.807) is 36.3 Å². The lowest BCUT2D eigenvalue weighted by atomic mass is 10.1. The Morgan fingerprint density at radius 1 is 1.33 bits per heavy atom. The normalized spacial score (nSPS) is 16.9. The van der Waals surface area contributed by atoms with Crippen LogP contribution in [-0.2, 0) is 14.4 Å². The lowest BCUT2D eigenvalue weighted by molar-refractivity contribution is -0.139. The lowest BCUT2D eigenvalue weighted by Crippen LogP contribution is -2.43. The van der Waals surface area contributed by atoms with E-state index < -0.39 is 5.92 Å². The molecule has 1 aromatic carbocycles. The van der Waals surface area contributed by atoms with E-state index >= 15 is 0 Å². The molecule has 0 unspecified atom stereocenters. The summed E-state index contributed by atoms with van der Waals surface area (Å²) >= 11 is 0. The number of nitrogens with one attached hydrogen (secondary N) is 1. The lowest BCUT2D eigenvalue weighted by Gasteiger charge is -2.23. The number of anilines is 1. The molecule has 1 aliphatic heterocycles. The van der Waals surface area contributed by atoms with Gasteiger partial charge in [0.1, 0.15) is 5.75 Å². The molecule has 7 nitrogen and oxygen atoms in total. The minimum Gasteiger partial charge on any atom is -0.497 e. The Labute approximate surface area is 141 Å². The minimum atomic E-state index is -0.427. The monoisotopic (exact) mass is 333 g/mol. The van der Waals surface area contributed by atoms with E-state index in [2.05, 4.69) is 5.32 Å². The van der Waals surface area contributed by atoms with Gasteiger partial charge in [0, 0.05) is 32.2 Å². The van der Waals surface area contributed by atoms with Gasteiger partial charge >= 0.3 is 0 Å². The van der Waals surface area contributed by atoms with Crippen LogP contribution in [0, 0.1) is 5.92 Å². The second kappa shape index (κ2) is 7.81. The van der Waals surface area contributed by atoms with E-state index in [4.69, 9.17) is 4.74 Å². The summed E-state index contributed by atoms with van der Waals surface area (Å²) in [6.07, 6.45) is 0.162. The standard InChI is InChI=1S/C17H23N3O4/c1-4-19(11-15(21)18-2)17(23)12-9-16(22)20(10-12)13-5-7-14(24-3)8-6-13/h5-8,12H,4,9-11H2,1-3H3,(H,18,21)/t12-/m0/s1. The molecular formula is C17H23N3O4. The quantitative estimate of drug-likeness (QED) is 0.829. The van der Waals surface area contributed by atoms with Gasteiger partial charge in [0.25, 0.3) is 0 Å². The first-order chi connectivity index (χ1) is 11.5. The number of rotatable bonds is 6. The molecule has 0 aliphatic carbocycles. The van der Waals surface area contributed by atoms with E-state index in [1.165, 1.54) is 11.9 Å². The Hall–Kier alpha value is -2.57. The molecule has 3 amide bonds. The van der Waals surface area contributed by atoms with Gasteiger partial charge in [-0.15, -0.1) is 0 Å². The van der Waals surface area contributed by atoms with Gasteiger partial charge in [-0.05, 0) is 31.2 Å². The van der Waals surface area contributed by atoms with Crippen LogP contribution < -0.4 is 15.0 Å². The second-order valence-electron chi connectivity index (χ2n) is 5.63. The first kappa shape index (κ1) is 17.8. The van der Waals surface area contributed by atoms with Crippen molar-refractivity contribution < 1.29 is 19.1 Å². The van der Waals surface area contributed by atoms with E-state index in [9.17, 15) is 14.4 Å². The van der Waals surface area contributed by atoms with Crippen LogP contribution in [0.1, 0.15) is 13.3 Å². The summed E-state index contributed by atoms with van der Waals surface area (Å²) in [7, 11) is 3.11. The maximum Gasteiger partial charge on any atom is 0.239 e. The van der Waals surface area contributed by atoms with Crippen molar-refractivity contribution in [1.82, 2.24) is 10.2 Å². The number of hydrogen-bond acceptors (Lipinski definition) is 4. The van der Waals surface area contributed by atoms with Crippen molar-refractivity contribution in [2.45, 2.75) is 13.3 Å².